The van der Waals surface area contributed by atoms with Crippen LogP contribution in [0.1, 0.15) is 17.5 Å². The van der Waals surface area contributed by atoms with Crippen LogP contribution in [0.2, 0.25) is 0 Å². The Kier molecular flexibility index (Phi) is 6.33. The van der Waals surface area contributed by atoms with Crippen molar-refractivity contribution in [1.29, 1.82) is 0 Å². The van der Waals surface area contributed by atoms with Crippen molar-refractivity contribution in [2.24, 2.45) is 0 Å². The van der Waals surface area contributed by atoms with E-state index in [9.17, 15) is 18.0 Å². The van der Waals surface area contributed by atoms with Gasteiger partial charge in [0.25, 0.3) is 0 Å². The number of pyridine rings is 1. The Morgan fingerprint density at radius 3 is 2.27 bits per heavy atom. The molecule has 0 unspecified atom stereocenters. The van der Waals surface area contributed by atoms with Crippen molar-refractivity contribution in [3.63, 3.8) is 0 Å². The monoisotopic (exact) mass is 452 g/mol. The lowest BCUT2D eigenvalue weighted by molar-refractivity contribution is -0.144. The van der Waals surface area contributed by atoms with Crippen LogP contribution in [-0.2, 0) is 17.8 Å². The maximum Gasteiger partial charge on any atom is 0.401 e. The lowest BCUT2D eigenvalue weighted by Gasteiger charge is -2.20. The number of carboxylic acids is 1. The number of halogens is 3. The van der Waals surface area contributed by atoms with Crippen LogP contribution < -0.4 is 0 Å². The average molecular weight is 452 g/mol. The van der Waals surface area contributed by atoms with E-state index in [0.29, 0.717) is 6.42 Å². The minimum absolute atomic E-state index is 0.0463. The summed E-state index contributed by atoms with van der Waals surface area (Å²) in [4.78, 5) is 17.0. The molecule has 0 amide bonds. The van der Waals surface area contributed by atoms with E-state index in [1.165, 1.54) is 11.9 Å². The second-order valence-electron chi connectivity index (χ2n) is 8.18. The van der Waals surface area contributed by atoms with E-state index in [1.807, 2.05) is 60.7 Å². The van der Waals surface area contributed by atoms with Crippen molar-refractivity contribution in [2.45, 2.75) is 25.6 Å². The number of rotatable bonds is 7. The summed E-state index contributed by atoms with van der Waals surface area (Å²) in [5, 5.41) is 12.7. The molecule has 0 aliphatic heterocycles. The molecule has 0 saturated heterocycles. The summed E-state index contributed by atoms with van der Waals surface area (Å²) in [6, 6.07) is 19.3. The van der Waals surface area contributed by atoms with Gasteiger partial charge in [0.2, 0.25) is 0 Å². The Morgan fingerprint density at radius 1 is 0.909 bits per heavy atom. The summed E-state index contributed by atoms with van der Waals surface area (Å²) in [6.07, 6.45) is -2.14. The summed E-state index contributed by atoms with van der Waals surface area (Å²) in [7, 11) is 1.44. The Balaban J connectivity index is 1.80. The molecule has 0 aliphatic carbocycles. The molecular weight excluding hydrogens is 429 g/mol. The van der Waals surface area contributed by atoms with Gasteiger partial charge in [-0.1, -0.05) is 60.7 Å². The van der Waals surface area contributed by atoms with E-state index in [4.69, 9.17) is 5.11 Å². The van der Waals surface area contributed by atoms with E-state index in [1.54, 1.807) is 6.20 Å². The Bertz CT molecular complexity index is 1320. The van der Waals surface area contributed by atoms with Crippen LogP contribution >= 0.6 is 0 Å². The third kappa shape index (κ3) is 5.14. The maximum atomic E-state index is 12.8. The number of aromatic nitrogens is 1. The van der Waals surface area contributed by atoms with Crippen molar-refractivity contribution < 1.29 is 23.1 Å². The van der Waals surface area contributed by atoms with Gasteiger partial charge in [0.05, 0.1) is 12.2 Å². The fraction of sp³-hybridized carbons (Fsp3) is 0.231. The van der Waals surface area contributed by atoms with E-state index < -0.39 is 18.7 Å². The number of nitrogens with zero attached hydrogens (tertiary/aromatic N) is 2. The molecule has 1 aromatic heterocycles. The molecule has 4 nitrogen and oxygen atoms in total. The maximum absolute atomic E-state index is 12.8. The predicted molar refractivity (Wildman–Crippen MR) is 123 cm³/mol. The van der Waals surface area contributed by atoms with Gasteiger partial charge in [0.1, 0.15) is 0 Å². The predicted octanol–water partition coefficient (Wildman–Crippen LogP) is 6.07. The minimum atomic E-state index is -4.26. The molecule has 0 spiro atoms. The Labute approximate surface area is 189 Å². The number of carboxylic acid groups (broad SMARTS) is 1. The van der Waals surface area contributed by atoms with Gasteiger partial charge in [-0.2, -0.15) is 13.2 Å². The molecule has 0 saturated carbocycles. The number of aliphatic carboxylic acids is 1. The summed E-state index contributed by atoms with van der Waals surface area (Å²) in [6.45, 7) is -0.867. The number of hydrogen-bond acceptors (Lipinski definition) is 3. The standard InChI is InChI=1S/C26H23F3N2O2/c1-31(16-26(27,28)29)15-18-14-30-25(22-8-3-2-7-20(18)22)23-11-5-9-19-17(12-13-24(32)33)6-4-10-21(19)23/h2-11,14H,12-13,15-16H2,1H3,(H,32,33). The van der Waals surface area contributed by atoms with Gasteiger partial charge < -0.3 is 5.11 Å². The van der Waals surface area contributed by atoms with Gasteiger partial charge in [-0.05, 0) is 40.8 Å². The highest BCUT2D eigenvalue weighted by atomic mass is 19.4. The zero-order valence-electron chi connectivity index (χ0n) is 18.1. The van der Waals surface area contributed by atoms with E-state index in [2.05, 4.69) is 4.98 Å². The molecule has 0 aliphatic rings. The van der Waals surface area contributed by atoms with Gasteiger partial charge in [-0.3, -0.25) is 14.7 Å². The van der Waals surface area contributed by atoms with E-state index >= 15 is 0 Å². The molecule has 0 radical (unpaired) electrons. The first kappa shape index (κ1) is 22.7. The molecule has 33 heavy (non-hydrogen) atoms. The Hall–Kier alpha value is -3.45. The molecule has 170 valence electrons. The first-order chi connectivity index (χ1) is 15.7. The first-order valence-electron chi connectivity index (χ1n) is 10.6. The molecule has 0 atom stereocenters. The molecule has 7 heteroatoms. The SMILES string of the molecule is CN(Cc1cnc(-c2cccc3c(CCC(=O)O)cccc23)c2ccccc12)CC(F)(F)F. The fourth-order valence-electron chi connectivity index (χ4n) is 4.29. The second kappa shape index (κ2) is 9.19. The molecular formula is C26H23F3N2O2. The number of aryl methyl sites for hydroxylation is 1. The molecule has 1 N–H and O–H groups in total. The van der Waals surface area contributed by atoms with Crippen molar-refractivity contribution in [3.8, 4) is 11.3 Å². The molecule has 4 rings (SSSR count). The Morgan fingerprint density at radius 2 is 1.55 bits per heavy atom. The molecule has 1 heterocycles. The summed E-state index contributed by atoms with van der Waals surface area (Å²) in [5.41, 5.74) is 3.32. The topological polar surface area (TPSA) is 53.4 Å². The van der Waals surface area contributed by atoms with Gasteiger partial charge in [-0.25, -0.2) is 0 Å². The number of fused-ring (bicyclic) bond motifs is 2. The quantitative estimate of drug-likeness (QED) is 0.370. The van der Waals surface area contributed by atoms with E-state index in [0.717, 1.165) is 43.9 Å². The van der Waals surface area contributed by atoms with Gasteiger partial charge >= 0.3 is 12.1 Å². The van der Waals surface area contributed by atoms with Crippen LogP contribution in [0.25, 0.3) is 32.8 Å². The highest BCUT2D eigenvalue weighted by Gasteiger charge is 2.29. The van der Waals surface area contributed by atoms with Crippen molar-refractivity contribution >= 4 is 27.5 Å². The highest BCUT2D eigenvalue weighted by molar-refractivity contribution is 6.05. The normalized spacial score (nSPS) is 12.0. The van der Waals surface area contributed by atoms with Crippen LogP contribution in [0.15, 0.2) is 66.9 Å². The lowest BCUT2D eigenvalue weighted by Crippen LogP contribution is -2.30. The highest BCUT2D eigenvalue weighted by Crippen LogP contribution is 2.35. The van der Waals surface area contributed by atoms with Crippen LogP contribution in [0.4, 0.5) is 13.2 Å². The second-order valence-corrected chi connectivity index (χ2v) is 8.18. The number of alkyl halides is 3. The van der Waals surface area contributed by atoms with Gasteiger partial charge in [0, 0.05) is 30.1 Å². The van der Waals surface area contributed by atoms with Crippen molar-refractivity contribution in [1.82, 2.24) is 9.88 Å². The molecule has 0 fully saturated rings. The molecule has 4 aromatic rings. The summed E-state index contributed by atoms with van der Waals surface area (Å²) in [5.74, 6) is -0.845. The number of hydrogen-bond donors (Lipinski definition) is 1. The summed E-state index contributed by atoms with van der Waals surface area (Å²) >= 11 is 0. The third-order valence-electron chi connectivity index (χ3n) is 5.64. The van der Waals surface area contributed by atoms with Gasteiger partial charge in [0.15, 0.2) is 0 Å². The lowest BCUT2D eigenvalue weighted by atomic mass is 9.93. The van der Waals surface area contributed by atoms with E-state index in [-0.39, 0.29) is 13.0 Å². The number of carbonyl (C=O) groups is 1. The average Bonchev–Trinajstić information content (AvgIpc) is 2.76. The van der Waals surface area contributed by atoms with Gasteiger partial charge in [-0.15, -0.1) is 0 Å². The summed E-state index contributed by atoms with van der Waals surface area (Å²) < 4.78 is 38.4. The fourth-order valence-corrected chi connectivity index (χ4v) is 4.29. The van der Waals surface area contributed by atoms with Crippen molar-refractivity contribution in [3.05, 3.63) is 78.0 Å². The zero-order chi connectivity index (χ0) is 23.6. The van der Waals surface area contributed by atoms with Crippen molar-refractivity contribution in [2.75, 3.05) is 13.6 Å². The third-order valence-corrected chi connectivity index (χ3v) is 5.64. The van der Waals surface area contributed by atoms with Crippen LogP contribution in [0.3, 0.4) is 0 Å². The first-order valence-corrected chi connectivity index (χ1v) is 10.6. The molecule has 3 aromatic carbocycles. The minimum Gasteiger partial charge on any atom is -0.481 e. The smallest absolute Gasteiger partial charge is 0.401 e. The number of benzene rings is 3. The van der Waals surface area contributed by atoms with Crippen LogP contribution in [0, 0.1) is 0 Å². The largest absolute Gasteiger partial charge is 0.481 e. The van der Waals surface area contributed by atoms with Crippen LogP contribution in [0.5, 0.6) is 0 Å². The zero-order valence-corrected chi connectivity index (χ0v) is 18.1. The molecule has 0 bridgehead atoms. The van der Waals surface area contributed by atoms with Crippen LogP contribution in [-0.4, -0.2) is 40.7 Å².